The van der Waals surface area contributed by atoms with Gasteiger partial charge in [0.25, 0.3) is 0 Å². The predicted molar refractivity (Wildman–Crippen MR) is 109 cm³/mol. The van der Waals surface area contributed by atoms with E-state index in [1.807, 2.05) is 37.3 Å². The van der Waals surface area contributed by atoms with E-state index in [9.17, 15) is 4.79 Å². The highest BCUT2D eigenvalue weighted by Crippen LogP contribution is 2.28. The summed E-state index contributed by atoms with van der Waals surface area (Å²) in [6.07, 6.45) is 1.89. The van der Waals surface area contributed by atoms with Crippen LogP contribution < -0.4 is 24.3 Å². The Kier molecular flexibility index (Phi) is 7.99. The molecule has 0 unspecified atom stereocenters. The van der Waals surface area contributed by atoms with Gasteiger partial charge in [0.15, 0.2) is 11.5 Å². The molecule has 2 aromatic carbocycles. The van der Waals surface area contributed by atoms with Crippen LogP contribution in [0.4, 0.5) is 0 Å². The van der Waals surface area contributed by atoms with Crippen molar-refractivity contribution >= 4 is 5.91 Å². The van der Waals surface area contributed by atoms with Gasteiger partial charge in [0.05, 0.1) is 34.9 Å². The molecule has 0 bridgehead atoms. The highest BCUT2D eigenvalue weighted by Gasteiger charge is 2.12. The Bertz CT molecular complexity index is 790. The average Bonchev–Trinajstić information content (AvgIpc) is 2.71. The number of nitrogens with one attached hydrogen (secondary N) is 1. The van der Waals surface area contributed by atoms with Crippen LogP contribution in [0.1, 0.15) is 24.5 Å². The van der Waals surface area contributed by atoms with Crippen molar-refractivity contribution in [3.8, 4) is 23.0 Å². The van der Waals surface area contributed by atoms with E-state index in [0.717, 1.165) is 35.5 Å². The molecule has 0 saturated heterocycles. The first-order valence-electron chi connectivity index (χ1n) is 9.21. The maximum absolute atomic E-state index is 12.4. The number of carbonyl (C=O) groups is 1. The van der Waals surface area contributed by atoms with Crippen LogP contribution >= 0.6 is 0 Å². The van der Waals surface area contributed by atoms with Crippen molar-refractivity contribution in [2.24, 2.45) is 0 Å². The third kappa shape index (κ3) is 5.81. The minimum Gasteiger partial charge on any atom is -0.497 e. The first-order chi connectivity index (χ1) is 13.5. The van der Waals surface area contributed by atoms with Gasteiger partial charge in [0.1, 0.15) is 11.5 Å². The number of hydrogen-bond donors (Lipinski definition) is 1. The molecule has 28 heavy (non-hydrogen) atoms. The van der Waals surface area contributed by atoms with Crippen molar-refractivity contribution in [2.45, 2.75) is 32.2 Å². The topological polar surface area (TPSA) is 66.0 Å². The zero-order chi connectivity index (χ0) is 20.5. The van der Waals surface area contributed by atoms with Crippen molar-refractivity contribution in [1.82, 2.24) is 5.32 Å². The fourth-order valence-corrected chi connectivity index (χ4v) is 3.00. The summed E-state index contributed by atoms with van der Waals surface area (Å²) in [5.74, 6) is 2.79. The van der Waals surface area contributed by atoms with E-state index in [4.69, 9.17) is 18.9 Å². The van der Waals surface area contributed by atoms with Gasteiger partial charge in [-0.1, -0.05) is 12.1 Å². The summed E-state index contributed by atoms with van der Waals surface area (Å²) in [6.45, 7) is 2.00. The van der Waals surface area contributed by atoms with Crippen LogP contribution in [0.2, 0.25) is 0 Å². The van der Waals surface area contributed by atoms with E-state index in [1.165, 1.54) is 0 Å². The third-order valence-corrected chi connectivity index (χ3v) is 4.56. The smallest absolute Gasteiger partial charge is 0.224 e. The van der Waals surface area contributed by atoms with E-state index in [1.54, 1.807) is 34.5 Å². The second-order valence-electron chi connectivity index (χ2n) is 6.55. The van der Waals surface area contributed by atoms with Crippen LogP contribution in [0.3, 0.4) is 0 Å². The molecule has 0 spiro atoms. The van der Waals surface area contributed by atoms with Gasteiger partial charge >= 0.3 is 0 Å². The molecule has 0 aromatic heterocycles. The highest BCUT2D eigenvalue weighted by molar-refractivity contribution is 5.79. The minimum atomic E-state index is -0.0265. The van der Waals surface area contributed by atoms with Crippen molar-refractivity contribution in [1.29, 1.82) is 0 Å². The van der Waals surface area contributed by atoms with Gasteiger partial charge in [-0.25, -0.2) is 0 Å². The number of methoxy groups -OCH3 is 4. The molecule has 0 aliphatic carbocycles. The zero-order valence-corrected chi connectivity index (χ0v) is 17.2. The van der Waals surface area contributed by atoms with Crippen LogP contribution in [-0.2, 0) is 17.6 Å². The Morgan fingerprint density at radius 3 is 2.25 bits per heavy atom. The van der Waals surface area contributed by atoms with E-state index in [2.05, 4.69) is 5.32 Å². The van der Waals surface area contributed by atoms with Gasteiger partial charge in [-0.05, 0) is 49.1 Å². The summed E-state index contributed by atoms with van der Waals surface area (Å²) in [7, 11) is 6.44. The van der Waals surface area contributed by atoms with Gasteiger partial charge in [-0.3, -0.25) is 4.79 Å². The molecule has 6 heteroatoms. The summed E-state index contributed by atoms with van der Waals surface area (Å²) in [5, 5.41) is 3.05. The quantitative estimate of drug-likeness (QED) is 0.677. The first-order valence-corrected chi connectivity index (χ1v) is 9.21. The lowest BCUT2D eigenvalue weighted by Crippen LogP contribution is -2.34. The number of hydrogen-bond acceptors (Lipinski definition) is 5. The SMILES string of the molecule is COc1ccc(CC[C@@H](C)NC(=O)Cc2ccc(OC)c(OC)c2)c(OC)c1. The van der Waals surface area contributed by atoms with E-state index in [-0.39, 0.29) is 18.4 Å². The molecule has 1 N–H and O–H groups in total. The third-order valence-electron chi connectivity index (χ3n) is 4.56. The van der Waals surface area contributed by atoms with Gasteiger partial charge in [-0.15, -0.1) is 0 Å². The van der Waals surface area contributed by atoms with E-state index >= 15 is 0 Å². The summed E-state index contributed by atoms with van der Waals surface area (Å²) in [4.78, 5) is 12.4. The number of benzene rings is 2. The molecular formula is C22H29NO5. The molecule has 6 nitrogen and oxygen atoms in total. The van der Waals surface area contributed by atoms with Crippen molar-refractivity contribution in [3.05, 3.63) is 47.5 Å². The number of aryl methyl sites for hydroxylation is 1. The minimum absolute atomic E-state index is 0.0265. The summed E-state index contributed by atoms with van der Waals surface area (Å²) in [5.41, 5.74) is 1.96. The lowest BCUT2D eigenvalue weighted by atomic mass is 10.0. The summed E-state index contributed by atoms with van der Waals surface area (Å²) in [6, 6.07) is 11.3. The Hall–Kier alpha value is -2.89. The summed E-state index contributed by atoms with van der Waals surface area (Å²) >= 11 is 0. The largest absolute Gasteiger partial charge is 0.497 e. The van der Waals surface area contributed by atoms with Crippen molar-refractivity contribution < 1.29 is 23.7 Å². The van der Waals surface area contributed by atoms with Crippen molar-refractivity contribution in [3.63, 3.8) is 0 Å². The Balaban J connectivity index is 1.89. The monoisotopic (exact) mass is 387 g/mol. The van der Waals surface area contributed by atoms with Crippen LogP contribution in [0, 0.1) is 0 Å². The Morgan fingerprint density at radius 1 is 0.893 bits per heavy atom. The number of rotatable bonds is 10. The highest BCUT2D eigenvalue weighted by atomic mass is 16.5. The summed E-state index contributed by atoms with van der Waals surface area (Å²) < 4.78 is 21.2. The van der Waals surface area contributed by atoms with Crippen LogP contribution in [0.5, 0.6) is 23.0 Å². The molecule has 0 aliphatic heterocycles. The number of ether oxygens (including phenoxy) is 4. The van der Waals surface area contributed by atoms with E-state index < -0.39 is 0 Å². The Labute approximate surface area is 166 Å². The second kappa shape index (κ2) is 10.4. The predicted octanol–water partition coefficient (Wildman–Crippen LogP) is 3.40. The van der Waals surface area contributed by atoms with Gasteiger partial charge in [-0.2, -0.15) is 0 Å². The first kappa shape index (κ1) is 21.4. The van der Waals surface area contributed by atoms with E-state index in [0.29, 0.717) is 11.5 Å². The molecule has 1 amide bonds. The molecule has 0 aliphatic rings. The van der Waals surface area contributed by atoms with Gasteiger partial charge in [0.2, 0.25) is 5.91 Å². The zero-order valence-electron chi connectivity index (χ0n) is 17.2. The lowest BCUT2D eigenvalue weighted by molar-refractivity contribution is -0.121. The fraction of sp³-hybridized carbons (Fsp3) is 0.409. The maximum atomic E-state index is 12.4. The molecule has 0 heterocycles. The second-order valence-corrected chi connectivity index (χ2v) is 6.55. The molecule has 2 rings (SSSR count). The van der Waals surface area contributed by atoms with Gasteiger partial charge in [0, 0.05) is 12.1 Å². The molecule has 2 aromatic rings. The van der Waals surface area contributed by atoms with Crippen molar-refractivity contribution in [2.75, 3.05) is 28.4 Å². The number of amides is 1. The Morgan fingerprint density at radius 2 is 1.61 bits per heavy atom. The normalized spacial score (nSPS) is 11.5. The molecule has 152 valence electrons. The maximum Gasteiger partial charge on any atom is 0.224 e. The standard InChI is InChI=1S/C22H29NO5/c1-15(6-8-17-9-10-18(25-2)14-20(17)27-4)23-22(24)13-16-7-11-19(26-3)21(12-16)28-5/h7,9-12,14-15H,6,8,13H2,1-5H3,(H,23,24)/t15-/m1/s1. The molecule has 0 fully saturated rings. The number of carbonyl (C=O) groups excluding carboxylic acids is 1. The molecular weight excluding hydrogens is 358 g/mol. The molecule has 1 atom stereocenters. The van der Waals surface area contributed by atoms with Crippen LogP contribution in [0.25, 0.3) is 0 Å². The van der Waals surface area contributed by atoms with Crippen LogP contribution in [0.15, 0.2) is 36.4 Å². The molecule has 0 saturated carbocycles. The fourth-order valence-electron chi connectivity index (χ4n) is 3.00. The van der Waals surface area contributed by atoms with Gasteiger partial charge < -0.3 is 24.3 Å². The molecule has 0 radical (unpaired) electrons. The average molecular weight is 387 g/mol. The lowest BCUT2D eigenvalue weighted by Gasteiger charge is -2.16. The van der Waals surface area contributed by atoms with Crippen LogP contribution in [-0.4, -0.2) is 40.4 Å².